The van der Waals surface area contributed by atoms with E-state index < -0.39 is 10.0 Å². The number of hydrogen-bond acceptors (Lipinski definition) is 3. The maximum atomic E-state index is 11.6. The summed E-state index contributed by atoms with van der Waals surface area (Å²) in [4.78, 5) is 0.290. The summed E-state index contributed by atoms with van der Waals surface area (Å²) in [6.45, 7) is 1.11. The number of aryl methyl sites for hydroxylation is 1. The summed E-state index contributed by atoms with van der Waals surface area (Å²) in [6.07, 6.45) is 8.30. The Balaban J connectivity index is 1.85. The highest BCUT2D eigenvalue weighted by atomic mass is 32.2. The van der Waals surface area contributed by atoms with Crippen molar-refractivity contribution < 1.29 is 8.42 Å². The molecular weight excluding hydrogens is 296 g/mol. The lowest BCUT2D eigenvalue weighted by Gasteiger charge is -2.28. The summed E-state index contributed by atoms with van der Waals surface area (Å²) in [6, 6.07) is 7.12. The van der Waals surface area contributed by atoms with E-state index in [9.17, 15) is 8.42 Å². The van der Waals surface area contributed by atoms with E-state index in [-0.39, 0.29) is 4.90 Å². The molecular formula is C17H28N2O2S. The van der Waals surface area contributed by atoms with Crippen LogP contribution in [0.2, 0.25) is 0 Å². The molecule has 0 heterocycles. The van der Waals surface area contributed by atoms with Gasteiger partial charge in [0.1, 0.15) is 0 Å². The van der Waals surface area contributed by atoms with Gasteiger partial charge in [0.2, 0.25) is 10.0 Å². The molecule has 0 aliphatic heterocycles. The fourth-order valence-corrected chi connectivity index (χ4v) is 4.31. The fourth-order valence-electron chi connectivity index (χ4n) is 3.50. The summed E-state index contributed by atoms with van der Waals surface area (Å²) in [7, 11) is -1.60. The summed E-state index contributed by atoms with van der Waals surface area (Å²) in [5, 5.41) is 8.52. The average molecular weight is 324 g/mol. The molecule has 0 unspecified atom stereocenters. The number of rotatable bonds is 7. The van der Waals surface area contributed by atoms with E-state index in [0.29, 0.717) is 0 Å². The third-order valence-electron chi connectivity index (χ3n) is 4.87. The number of primary sulfonamides is 1. The quantitative estimate of drug-likeness (QED) is 0.810. The van der Waals surface area contributed by atoms with Crippen molar-refractivity contribution >= 4 is 10.0 Å². The maximum absolute atomic E-state index is 11.6. The van der Waals surface area contributed by atoms with E-state index >= 15 is 0 Å². The van der Waals surface area contributed by atoms with Crippen LogP contribution in [-0.4, -0.2) is 22.0 Å². The van der Waals surface area contributed by atoms with E-state index in [1.54, 1.807) is 12.1 Å². The maximum Gasteiger partial charge on any atom is 0.238 e. The average Bonchev–Trinajstić information content (AvgIpc) is 2.51. The third kappa shape index (κ3) is 5.07. The van der Waals surface area contributed by atoms with Crippen molar-refractivity contribution in [2.45, 2.75) is 49.8 Å². The molecule has 0 radical (unpaired) electrons. The first-order valence-corrected chi connectivity index (χ1v) is 9.80. The largest absolute Gasteiger partial charge is 0.320 e. The van der Waals surface area contributed by atoms with Crippen LogP contribution in [-0.2, 0) is 16.4 Å². The van der Waals surface area contributed by atoms with Crippen LogP contribution >= 0.6 is 0 Å². The molecule has 4 nitrogen and oxygen atoms in total. The molecule has 5 heteroatoms. The predicted molar refractivity (Wildman–Crippen MR) is 90.1 cm³/mol. The number of nitrogens with one attached hydrogen (secondary N) is 1. The van der Waals surface area contributed by atoms with Crippen LogP contribution < -0.4 is 10.5 Å². The van der Waals surface area contributed by atoms with Crippen molar-refractivity contribution in [3.05, 3.63) is 29.8 Å². The first-order valence-electron chi connectivity index (χ1n) is 8.26. The van der Waals surface area contributed by atoms with Crippen molar-refractivity contribution in [1.29, 1.82) is 0 Å². The lowest BCUT2D eigenvalue weighted by molar-refractivity contribution is 0.252. The fraction of sp³-hybridized carbons (Fsp3) is 0.647. The highest BCUT2D eigenvalue weighted by Crippen LogP contribution is 2.33. The SMILES string of the molecule is CNCCC1CCC(CCc2ccccc2S(N)(=O)=O)CC1. The summed E-state index contributed by atoms with van der Waals surface area (Å²) in [5.74, 6) is 1.58. The normalized spacial score (nSPS) is 22.6. The number of sulfonamides is 1. The Bertz CT molecular complexity index is 564. The molecule has 1 fully saturated rings. The van der Waals surface area contributed by atoms with E-state index in [1.165, 1.54) is 32.1 Å². The second-order valence-corrected chi connectivity index (χ2v) is 8.00. The number of hydrogen-bond donors (Lipinski definition) is 2. The van der Waals surface area contributed by atoms with Gasteiger partial charge in [0.25, 0.3) is 0 Å². The van der Waals surface area contributed by atoms with Crippen molar-refractivity contribution in [3.8, 4) is 0 Å². The summed E-state index contributed by atoms with van der Waals surface area (Å²) < 4.78 is 23.2. The van der Waals surface area contributed by atoms with Gasteiger partial charge in [-0.3, -0.25) is 0 Å². The standard InChI is InChI=1S/C17H28N2O2S/c1-19-13-12-15-8-6-14(7-9-15)10-11-16-4-2-3-5-17(16)22(18,20)21/h2-5,14-15,19H,6-13H2,1H3,(H2,18,20,21). The van der Waals surface area contributed by atoms with Crippen molar-refractivity contribution in [2.24, 2.45) is 17.0 Å². The first kappa shape index (κ1) is 17.4. The Hall–Kier alpha value is -0.910. The molecule has 0 bridgehead atoms. The monoisotopic (exact) mass is 324 g/mol. The van der Waals surface area contributed by atoms with Gasteiger partial charge >= 0.3 is 0 Å². The van der Waals surface area contributed by atoms with Crippen LogP contribution in [0.15, 0.2) is 29.2 Å². The molecule has 22 heavy (non-hydrogen) atoms. The van der Waals surface area contributed by atoms with Crippen molar-refractivity contribution in [2.75, 3.05) is 13.6 Å². The van der Waals surface area contributed by atoms with Crippen molar-refractivity contribution in [1.82, 2.24) is 5.32 Å². The van der Waals surface area contributed by atoms with Crippen LogP contribution in [0.5, 0.6) is 0 Å². The molecule has 1 saturated carbocycles. The zero-order valence-electron chi connectivity index (χ0n) is 13.4. The lowest BCUT2D eigenvalue weighted by atomic mass is 9.78. The molecule has 0 aromatic heterocycles. The van der Waals surface area contributed by atoms with Crippen LogP contribution in [0.3, 0.4) is 0 Å². The minimum absolute atomic E-state index is 0.290. The van der Waals surface area contributed by atoms with Gasteiger partial charge in [-0.1, -0.05) is 43.9 Å². The van der Waals surface area contributed by atoms with Crippen LogP contribution in [0.4, 0.5) is 0 Å². The van der Waals surface area contributed by atoms with E-state index in [1.807, 2.05) is 19.2 Å². The zero-order chi connectivity index (χ0) is 16.0. The molecule has 124 valence electrons. The van der Waals surface area contributed by atoms with Gasteiger partial charge in [-0.05, 0) is 56.3 Å². The Kier molecular flexibility index (Phi) is 6.41. The number of nitrogens with two attached hydrogens (primary N) is 1. The molecule has 1 aromatic rings. The van der Waals surface area contributed by atoms with Gasteiger partial charge in [-0.15, -0.1) is 0 Å². The Morgan fingerprint density at radius 1 is 1.09 bits per heavy atom. The summed E-state index contributed by atoms with van der Waals surface area (Å²) in [5.41, 5.74) is 0.863. The molecule has 3 N–H and O–H groups in total. The van der Waals surface area contributed by atoms with Gasteiger partial charge in [0, 0.05) is 0 Å². The highest BCUT2D eigenvalue weighted by molar-refractivity contribution is 7.89. The van der Waals surface area contributed by atoms with E-state index in [2.05, 4.69) is 5.32 Å². The molecule has 0 atom stereocenters. The Labute approximate surface area is 134 Å². The van der Waals surface area contributed by atoms with Gasteiger partial charge in [0.15, 0.2) is 0 Å². The van der Waals surface area contributed by atoms with Crippen molar-refractivity contribution in [3.63, 3.8) is 0 Å². The van der Waals surface area contributed by atoms with Gasteiger partial charge < -0.3 is 5.32 Å². The van der Waals surface area contributed by atoms with Crippen LogP contribution in [0, 0.1) is 11.8 Å². The minimum Gasteiger partial charge on any atom is -0.320 e. The first-order chi connectivity index (χ1) is 10.5. The Morgan fingerprint density at radius 3 is 2.27 bits per heavy atom. The second kappa shape index (κ2) is 8.09. The minimum atomic E-state index is -3.61. The van der Waals surface area contributed by atoms with E-state index in [4.69, 9.17) is 5.14 Å². The predicted octanol–water partition coefficient (Wildman–Crippen LogP) is 2.68. The van der Waals surface area contributed by atoms with Gasteiger partial charge in [0.05, 0.1) is 4.90 Å². The van der Waals surface area contributed by atoms with Gasteiger partial charge in [-0.2, -0.15) is 0 Å². The lowest BCUT2D eigenvalue weighted by Crippen LogP contribution is -2.20. The van der Waals surface area contributed by atoms with Gasteiger partial charge in [-0.25, -0.2) is 13.6 Å². The molecule has 2 rings (SSSR count). The van der Waals surface area contributed by atoms with Crippen LogP contribution in [0.1, 0.15) is 44.1 Å². The Morgan fingerprint density at radius 2 is 1.68 bits per heavy atom. The third-order valence-corrected chi connectivity index (χ3v) is 5.88. The second-order valence-electron chi connectivity index (χ2n) is 6.47. The highest BCUT2D eigenvalue weighted by Gasteiger charge is 2.21. The van der Waals surface area contributed by atoms with Crippen LogP contribution in [0.25, 0.3) is 0 Å². The topological polar surface area (TPSA) is 72.2 Å². The smallest absolute Gasteiger partial charge is 0.238 e. The van der Waals surface area contributed by atoms with E-state index in [0.717, 1.165) is 36.8 Å². The molecule has 1 aliphatic rings. The molecule has 0 spiro atoms. The molecule has 0 amide bonds. The molecule has 1 aromatic carbocycles. The zero-order valence-corrected chi connectivity index (χ0v) is 14.2. The summed E-state index contributed by atoms with van der Waals surface area (Å²) >= 11 is 0. The molecule has 0 saturated heterocycles. The number of benzene rings is 1. The molecule has 1 aliphatic carbocycles.